The first-order chi connectivity index (χ1) is 6.29. The minimum Gasteiger partial charge on any atom is -0.384 e. The summed E-state index contributed by atoms with van der Waals surface area (Å²) in [5.41, 5.74) is 12.2. The van der Waals surface area contributed by atoms with E-state index >= 15 is 0 Å². The van der Waals surface area contributed by atoms with Crippen molar-refractivity contribution in [3.8, 4) is 0 Å². The van der Waals surface area contributed by atoms with Gasteiger partial charge in [-0.15, -0.1) is 0 Å². The first-order valence-electron chi connectivity index (χ1n) is 4.63. The Labute approximate surface area is 77.4 Å². The molecule has 70 valence electrons. The smallest absolute Gasteiger partial charge is 0.132 e. The van der Waals surface area contributed by atoms with Crippen LogP contribution < -0.4 is 11.5 Å². The van der Waals surface area contributed by atoms with Crippen molar-refractivity contribution < 1.29 is 0 Å². The molecular weight excluding hydrogens is 164 g/mol. The number of hydrogen-bond donors (Lipinski definition) is 2. The predicted octanol–water partition coefficient (Wildman–Crippen LogP) is 0.437. The van der Waals surface area contributed by atoms with Crippen LogP contribution in [0, 0.1) is 0 Å². The summed E-state index contributed by atoms with van der Waals surface area (Å²) in [6.07, 6.45) is 3.18. The first-order valence-corrected chi connectivity index (χ1v) is 4.63. The van der Waals surface area contributed by atoms with Crippen LogP contribution in [0.4, 0.5) is 5.82 Å². The van der Waals surface area contributed by atoms with Crippen LogP contribution in [0.5, 0.6) is 0 Å². The number of aromatic nitrogens is 2. The van der Waals surface area contributed by atoms with E-state index in [1.807, 2.05) is 6.07 Å². The molecule has 1 heterocycles. The van der Waals surface area contributed by atoms with Gasteiger partial charge in [-0.2, -0.15) is 0 Å². The van der Waals surface area contributed by atoms with Gasteiger partial charge in [-0.1, -0.05) is 0 Å². The fourth-order valence-corrected chi connectivity index (χ4v) is 1.37. The molecule has 1 aromatic heterocycles. The average molecular weight is 178 g/mol. The number of nitrogens with two attached hydrogens (primary N) is 2. The SMILES string of the molecule is NCCc1nc(N)cc(C2CC2)n1. The highest BCUT2D eigenvalue weighted by atomic mass is 15.0. The molecular formula is C9H14N4. The van der Waals surface area contributed by atoms with Crippen LogP contribution in [0.15, 0.2) is 6.07 Å². The lowest BCUT2D eigenvalue weighted by atomic mass is 10.2. The summed E-state index contributed by atoms with van der Waals surface area (Å²) in [6.45, 7) is 0.577. The maximum atomic E-state index is 5.66. The molecule has 0 radical (unpaired) electrons. The van der Waals surface area contributed by atoms with Gasteiger partial charge in [0.05, 0.1) is 0 Å². The summed E-state index contributed by atoms with van der Waals surface area (Å²) >= 11 is 0. The van der Waals surface area contributed by atoms with E-state index in [0.717, 1.165) is 11.5 Å². The van der Waals surface area contributed by atoms with E-state index in [1.165, 1.54) is 12.8 Å². The van der Waals surface area contributed by atoms with Gasteiger partial charge in [-0.25, -0.2) is 9.97 Å². The van der Waals surface area contributed by atoms with Crippen molar-refractivity contribution in [3.63, 3.8) is 0 Å². The molecule has 1 aliphatic rings. The fourth-order valence-electron chi connectivity index (χ4n) is 1.37. The Bertz CT molecular complexity index is 306. The Morgan fingerprint density at radius 3 is 2.77 bits per heavy atom. The zero-order valence-corrected chi connectivity index (χ0v) is 7.53. The van der Waals surface area contributed by atoms with Crippen LogP contribution in [0.2, 0.25) is 0 Å². The highest BCUT2D eigenvalue weighted by Crippen LogP contribution is 2.39. The van der Waals surface area contributed by atoms with Crippen LogP contribution in [0.25, 0.3) is 0 Å². The summed E-state index contributed by atoms with van der Waals surface area (Å²) in [7, 11) is 0. The molecule has 1 saturated carbocycles. The molecule has 1 aromatic rings. The molecule has 0 bridgehead atoms. The molecule has 0 saturated heterocycles. The van der Waals surface area contributed by atoms with Crippen molar-refractivity contribution in [2.75, 3.05) is 12.3 Å². The molecule has 4 N–H and O–H groups in total. The normalized spacial score (nSPS) is 16.1. The third-order valence-corrected chi connectivity index (χ3v) is 2.18. The second kappa shape index (κ2) is 3.30. The lowest BCUT2D eigenvalue weighted by molar-refractivity contribution is 0.841. The molecule has 0 atom stereocenters. The highest BCUT2D eigenvalue weighted by Gasteiger charge is 2.25. The van der Waals surface area contributed by atoms with Crippen LogP contribution in [-0.4, -0.2) is 16.5 Å². The Morgan fingerprint density at radius 2 is 2.15 bits per heavy atom. The standard InChI is InChI=1S/C9H14N4/c10-4-3-9-12-7(6-1-2-6)5-8(11)13-9/h5-6H,1-4,10H2,(H2,11,12,13). The average Bonchev–Trinajstić information content (AvgIpc) is 2.85. The minimum atomic E-state index is 0.570. The van der Waals surface area contributed by atoms with Crippen molar-refractivity contribution in [3.05, 3.63) is 17.6 Å². The van der Waals surface area contributed by atoms with E-state index in [9.17, 15) is 0 Å². The number of hydrogen-bond acceptors (Lipinski definition) is 4. The van der Waals surface area contributed by atoms with Crippen molar-refractivity contribution in [1.29, 1.82) is 0 Å². The van der Waals surface area contributed by atoms with Gasteiger partial charge in [-0.05, 0) is 19.4 Å². The highest BCUT2D eigenvalue weighted by molar-refractivity contribution is 5.32. The number of anilines is 1. The zero-order valence-electron chi connectivity index (χ0n) is 7.53. The van der Waals surface area contributed by atoms with E-state index in [-0.39, 0.29) is 0 Å². The van der Waals surface area contributed by atoms with E-state index in [2.05, 4.69) is 9.97 Å². The molecule has 0 unspecified atom stereocenters. The lowest BCUT2D eigenvalue weighted by Gasteiger charge is -2.03. The molecule has 0 spiro atoms. The molecule has 2 rings (SSSR count). The monoisotopic (exact) mass is 178 g/mol. The van der Waals surface area contributed by atoms with Gasteiger partial charge >= 0.3 is 0 Å². The van der Waals surface area contributed by atoms with E-state index < -0.39 is 0 Å². The van der Waals surface area contributed by atoms with Gasteiger partial charge in [0, 0.05) is 24.1 Å². The van der Waals surface area contributed by atoms with Crippen LogP contribution >= 0.6 is 0 Å². The summed E-state index contributed by atoms with van der Waals surface area (Å²) in [6, 6.07) is 1.87. The minimum absolute atomic E-state index is 0.570. The number of rotatable bonds is 3. The van der Waals surface area contributed by atoms with Gasteiger partial charge in [0.1, 0.15) is 11.6 Å². The van der Waals surface area contributed by atoms with E-state index in [0.29, 0.717) is 24.7 Å². The molecule has 0 amide bonds. The quantitative estimate of drug-likeness (QED) is 0.704. The van der Waals surface area contributed by atoms with Crippen LogP contribution in [-0.2, 0) is 6.42 Å². The summed E-state index contributed by atoms with van der Waals surface area (Å²) in [5.74, 6) is 1.98. The first kappa shape index (κ1) is 8.44. The largest absolute Gasteiger partial charge is 0.384 e. The molecule has 4 heteroatoms. The molecule has 4 nitrogen and oxygen atoms in total. The Hall–Kier alpha value is -1.16. The maximum Gasteiger partial charge on any atom is 0.132 e. The van der Waals surface area contributed by atoms with Crippen molar-refractivity contribution >= 4 is 5.82 Å². The van der Waals surface area contributed by atoms with Crippen molar-refractivity contribution in [1.82, 2.24) is 9.97 Å². The summed E-state index contributed by atoms with van der Waals surface area (Å²) in [5, 5.41) is 0. The van der Waals surface area contributed by atoms with Crippen LogP contribution in [0.1, 0.15) is 30.3 Å². The Balaban J connectivity index is 2.25. The predicted molar refractivity (Wildman–Crippen MR) is 51.2 cm³/mol. The maximum absolute atomic E-state index is 5.66. The molecule has 1 fully saturated rings. The topological polar surface area (TPSA) is 77.8 Å². The second-order valence-electron chi connectivity index (χ2n) is 3.45. The Morgan fingerprint density at radius 1 is 1.38 bits per heavy atom. The van der Waals surface area contributed by atoms with Gasteiger partial charge in [0.25, 0.3) is 0 Å². The van der Waals surface area contributed by atoms with Gasteiger partial charge in [-0.3, -0.25) is 0 Å². The molecule has 1 aliphatic carbocycles. The molecule has 0 aromatic carbocycles. The third-order valence-electron chi connectivity index (χ3n) is 2.18. The zero-order chi connectivity index (χ0) is 9.26. The fraction of sp³-hybridized carbons (Fsp3) is 0.556. The summed E-state index contributed by atoms with van der Waals surface area (Å²) < 4.78 is 0. The second-order valence-corrected chi connectivity index (χ2v) is 3.45. The summed E-state index contributed by atoms with van der Waals surface area (Å²) in [4.78, 5) is 8.53. The third kappa shape index (κ3) is 1.95. The van der Waals surface area contributed by atoms with E-state index in [1.54, 1.807) is 0 Å². The van der Waals surface area contributed by atoms with Gasteiger partial charge in [0.15, 0.2) is 0 Å². The van der Waals surface area contributed by atoms with Gasteiger partial charge in [0.2, 0.25) is 0 Å². The lowest BCUT2D eigenvalue weighted by Crippen LogP contribution is -2.09. The van der Waals surface area contributed by atoms with Crippen LogP contribution in [0.3, 0.4) is 0 Å². The van der Waals surface area contributed by atoms with Crippen molar-refractivity contribution in [2.24, 2.45) is 5.73 Å². The molecule has 0 aliphatic heterocycles. The Kier molecular flexibility index (Phi) is 2.14. The number of nitrogens with zero attached hydrogens (tertiary/aromatic N) is 2. The van der Waals surface area contributed by atoms with Gasteiger partial charge < -0.3 is 11.5 Å². The van der Waals surface area contributed by atoms with E-state index in [4.69, 9.17) is 11.5 Å². The number of nitrogen functional groups attached to an aromatic ring is 1. The molecule has 13 heavy (non-hydrogen) atoms. The van der Waals surface area contributed by atoms with Crippen molar-refractivity contribution in [2.45, 2.75) is 25.2 Å².